The second kappa shape index (κ2) is 6.19. The lowest BCUT2D eigenvalue weighted by Crippen LogP contribution is -2.04. The van der Waals surface area contributed by atoms with Crippen LogP contribution in [0, 0.1) is 12.7 Å². The van der Waals surface area contributed by atoms with Gasteiger partial charge < -0.3 is 9.84 Å². The molecule has 1 N–H and O–H groups in total. The van der Waals surface area contributed by atoms with Gasteiger partial charge in [-0.05, 0) is 30.2 Å². The second-order valence-electron chi connectivity index (χ2n) is 4.45. The zero-order valence-corrected chi connectivity index (χ0v) is 11.1. The van der Waals surface area contributed by atoms with Crippen LogP contribution >= 0.6 is 0 Å². The second-order valence-corrected chi connectivity index (χ2v) is 4.45. The summed E-state index contributed by atoms with van der Waals surface area (Å²) in [5.41, 5.74) is 1.91. The number of rotatable bonds is 5. The molecular formula is C16H15FO3. The minimum atomic E-state index is -0.900. The van der Waals surface area contributed by atoms with Gasteiger partial charge in [0.2, 0.25) is 0 Å². The van der Waals surface area contributed by atoms with E-state index < -0.39 is 5.97 Å². The van der Waals surface area contributed by atoms with Crippen molar-refractivity contribution in [1.29, 1.82) is 0 Å². The predicted octanol–water partition coefficient (Wildman–Crippen LogP) is 3.65. The van der Waals surface area contributed by atoms with Crippen LogP contribution in [0.2, 0.25) is 0 Å². The topological polar surface area (TPSA) is 46.5 Å². The van der Waals surface area contributed by atoms with E-state index in [9.17, 15) is 9.18 Å². The zero-order valence-electron chi connectivity index (χ0n) is 11.1. The predicted molar refractivity (Wildman–Crippen MR) is 74.3 cm³/mol. The largest absolute Gasteiger partial charge is 0.493 e. The van der Waals surface area contributed by atoms with Crippen molar-refractivity contribution < 1.29 is 19.0 Å². The van der Waals surface area contributed by atoms with Gasteiger partial charge in [-0.2, -0.15) is 0 Å². The molecule has 0 amide bonds. The highest BCUT2D eigenvalue weighted by Gasteiger charge is 2.07. The van der Waals surface area contributed by atoms with Crippen molar-refractivity contribution in [2.24, 2.45) is 0 Å². The van der Waals surface area contributed by atoms with Crippen LogP contribution in [0.5, 0.6) is 5.75 Å². The maximum absolute atomic E-state index is 14.0. The molecule has 104 valence electrons. The molecule has 0 fully saturated rings. The average Bonchev–Trinajstić information content (AvgIpc) is 2.42. The molecule has 0 aromatic heterocycles. The van der Waals surface area contributed by atoms with Crippen LogP contribution in [0.25, 0.3) is 11.1 Å². The van der Waals surface area contributed by atoms with E-state index in [0.29, 0.717) is 16.9 Å². The van der Waals surface area contributed by atoms with Crippen LogP contribution in [0.4, 0.5) is 4.39 Å². The van der Waals surface area contributed by atoms with E-state index in [1.165, 1.54) is 0 Å². The highest BCUT2D eigenvalue weighted by molar-refractivity contribution is 5.67. The third-order valence-corrected chi connectivity index (χ3v) is 2.94. The first kappa shape index (κ1) is 14.1. The van der Waals surface area contributed by atoms with E-state index in [4.69, 9.17) is 9.84 Å². The fourth-order valence-corrected chi connectivity index (χ4v) is 1.86. The van der Waals surface area contributed by atoms with Crippen LogP contribution in [0.15, 0.2) is 42.5 Å². The zero-order chi connectivity index (χ0) is 14.5. The summed E-state index contributed by atoms with van der Waals surface area (Å²) in [7, 11) is 0. The Kier molecular flexibility index (Phi) is 4.35. The molecule has 0 saturated carbocycles. The molecule has 0 aliphatic heterocycles. The average molecular weight is 274 g/mol. The molecule has 0 atom stereocenters. The van der Waals surface area contributed by atoms with E-state index in [0.717, 1.165) is 5.56 Å². The van der Waals surface area contributed by atoms with Gasteiger partial charge in [0, 0.05) is 5.56 Å². The van der Waals surface area contributed by atoms with Gasteiger partial charge in [-0.15, -0.1) is 0 Å². The molecule has 0 radical (unpaired) electrons. The van der Waals surface area contributed by atoms with E-state index in [1.54, 1.807) is 43.3 Å². The van der Waals surface area contributed by atoms with E-state index in [1.807, 2.05) is 6.07 Å². The van der Waals surface area contributed by atoms with Crippen molar-refractivity contribution >= 4 is 5.97 Å². The van der Waals surface area contributed by atoms with E-state index >= 15 is 0 Å². The van der Waals surface area contributed by atoms with Gasteiger partial charge >= 0.3 is 5.97 Å². The SMILES string of the molecule is Cc1cccc(-c2ccc(OCCC(=O)O)cc2)c1F. The maximum Gasteiger partial charge on any atom is 0.306 e. The molecular weight excluding hydrogens is 259 g/mol. The number of ether oxygens (including phenoxy) is 1. The van der Waals surface area contributed by atoms with Gasteiger partial charge in [0.25, 0.3) is 0 Å². The van der Waals surface area contributed by atoms with Gasteiger partial charge in [0.1, 0.15) is 11.6 Å². The number of aryl methyl sites for hydroxylation is 1. The van der Waals surface area contributed by atoms with Crippen molar-refractivity contribution in [3.05, 3.63) is 53.8 Å². The molecule has 0 aliphatic carbocycles. The number of carboxylic acid groups (broad SMARTS) is 1. The van der Waals surface area contributed by atoms with Crippen LogP contribution in [0.3, 0.4) is 0 Å². The molecule has 3 nitrogen and oxygen atoms in total. The van der Waals surface area contributed by atoms with Crippen LogP contribution in [-0.4, -0.2) is 17.7 Å². The molecule has 2 aromatic carbocycles. The molecule has 0 bridgehead atoms. The summed E-state index contributed by atoms with van der Waals surface area (Å²) in [5.74, 6) is -0.557. The smallest absolute Gasteiger partial charge is 0.306 e. The summed E-state index contributed by atoms with van der Waals surface area (Å²) in [5, 5.41) is 8.52. The minimum absolute atomic E-state index is 0.0474. The summed E-state index contributed by atoms with van der Waals surface area (Å²) in [6.45, 7) is 1.84. The van der Waals surface area contributed by atoms with E-state index in [-0.39, 0.29) is 18.8 Å². The minimum Gasteiger partial charge on any atom is -0.493 e. The standard InChI is InChI=1S/C16H15FO3/c1-11-3-2-4-14(16(11)17)12-5-7-13(8-6-12)20-10-9-15(18)19/h2-8H,9-10H2,1H3,(H,18,19). The van der Waals surface area contributed by atoms with Crippen molar-refractivity contribution in [1.82, 2.24) is 0 Å². The quantitative estimate of drug-likeness (QED) is 0.905. The van der Waals surface area contributed by atoms with E-state index in [2.05, 4.69) is 0 Å². The first-order valence-electron chi connectivity index (χ1n) is 6.28. The molecule has 0 saturated heterocycles. The van der Waals surface area contributed by atoms with Crippen molar-refractivity contribution in [2.45, 2.75) is 13.3 Å². The molecule has 4 heteroatoms. The summed E-state index contributed by atoms with van der Waals surface area (Å²) in [6, 6.07) is 12.2. The highest BCUT2D eigenvalue weighted by atomic mass is 19.1. The van der Waals surface area contributed by atoms with Crippen LogP contribution in [0.1, 0.15) is 12.0 Å². The van der Waals surface area contributed by atoms with Crippen molar-refractivity contribution in [3.8, 4) is 16.9 Å². The Hall–Kier alpha value is -2.36. The number of hydrogen-bond acceptors (Lipinski definition) is 2. The lowest BCUT2D eigenvalue weighted by Gasteiger charge is -2.08. The molecule has 2 aromatic rings. The highest BCUT2D eigenvalue weighted by Crippen LogP contribution is 2.26. The Morgan fingerprint density at radius 2 is 1.90 bits per heavy atom. The van der Waals surface area contributed by atoms with Crippen molar-refractivity contribution in [2.75, 3.05) is 6.61 Å². The van der Waals surface area contributed by atoms with Gasteiger partial charge in [0.15, 0.2) is 0 Å². The number of carbonyl (C=O) groups is 1. The third kappa shape index (κ3) is 3.35. The Balaban J connectivity index is 2.12. The number of halogens is 1. The maximum atomic E-state index is 14.0. The van der Waals surface area contributed by atoms with Gasteiger partial charge in [-0.3, -0.25) is 4.79 Å². The van der Waals surface area contributed by atoms with Crippen LogP contribution < -0.4 is 4.74 Å². The molecule has 0 unspecified atom stereocenters. The fraction of sp³-hybridized carbons (Fsp3) is 0.188. The number of carboxylic acids is 1. The lowest BCUT2D eigenvalue weighted by atomic mass is 10.0. The summed E-state index contributed by atoms with van der Waals surface area (Å²) in [4.78, 5) is 10.4. The number of hydrogen-bond donors (Lipinski definition) is 1. The molecule has 0 aliphatic rings. The first-order chi connectivity index (χ1) is 9.58. The molecule has 2 rings (SSSR count). The Bertz CT molecular complexity index is 606. The fourth-order valence-electron chi connectivity index (χ4n) is 1.86. The number of aliphatic carboxylic acids is 1. The lowest BCUT2D eigenvalue weighted by molar-refractivity contribution is -0.137. The van der Waals surface area contributed by atoms with Crippen LogP contribution in [-0.2, 0) is 4.79 Å². The summed E-state index contributed by atoms with van der Waals surface area (Å²) in [6.07, 6.45) is -0.0474. The summed E-state index contributed by atoms with van der Waals surface area (Å²) >= 11 is 0. The normalized spacial score (nSPS) is 10.3. The Morgan fingerprint density at radius 1 is 1.20 bits per heavy atom. The van der Waals surface area contributed by atoms with Crippen molar-refractivity contribution in [3.63, 3.8) is 0 Å². The molecule has 0 spiro atoms. The monoisotopic (exact) mass is 274 g/mol. The van der Waals surface area contributed by atoms with Gasteiger partial charge in [0.05, 0.1) is 13.0 Å². The number of benzene rings is 2. The third-order valence-electron chi connectivity index (χ3n) is 2.94. The van der Waals surface area contributed by atoms with Gasteiger partial charge in [-0.1, -0.05) is 30.3 Å². The summed E-state index contributed by atoms with van der Waals surface area (Å²) < 4.78 is 19.3. The Labute approximate surface area is 116 Å². The van der Waals surface area contributed by atoms with Gasteiger partial charge in [-0.25, -0.2) is 4.39 Å². The molecule has 20 heavy (non-hydrogen) atoms. The Morgan fingerprint density at radius 3 is 2.55 bits per heavy atom. The first-order valence-corrected chi connectivity index (χ1v) is 6.28. The molecule has 0 heterocycles.